The summed E-state index contributed by atoms with van der Waals surface area (Å²) >= 11 is 1.70. The second-order valence-corrected chi connectivity index (χ2v) is 9.13. The summed E-state index contributed by atoms with van der Waals surface area (Å²) in [5.41, 5.74) is 2.52. The minimum atomic E-state index is -0.939. The van der Waals surface area contributed by atoms with Crippen molar-refractivity contribution in [3.63, 3.8) is 0 Å². The highest BCUT2D eigenvalue weighted by Crippen LogP contribution is 2.39. The molecule has 0 N–H and O–H groups in total. The SMILES string of the molecule is COCO[C@@]1(Cc2cc(CCCC3CC3)c(C)cn2)C(=O)N(COC)[C@H]1CSC. The van der Waals surface area contributed by atoms with E-state index in [-0.39, 0.29) is 25.5 Å². The Labute approximate surface area is 178 Å². The van der Waals surface area contributed by atoms with Crippen LogP contribution in [0.3, 0.4) is 0 Å². The number of carbonyl (C=O) groups is 1. The van der Waals surface area contributed by atoms with E-state index < -0.39 is 5.60 Å². The highest BCUT2D eigenvalue weighted by molar-refractivity contribution is 7.98. The van der Waals surface area contributed by atoms with Crippen LogP contribution in [0.15, 0.2) is 12.3 Å². The van der Waals surface area contributed by atoms with Gasteiger partial charge in [-0.3, -0.25) is 9.78 Å². The molecule has 0 spiro atoms. The van der Waals surface area contributed by atoms with Gasteiger partial charge in [-0.15, -0.1) is 0 Å². The van der Waals surface area contributed by atoms with Crippen LogP contribution in [0.1, 0.15) is 42.5 Å². The Morgan fingerprint density at radius 3 is 2.76 bits per heavy atom. The van der Waals surface area contributed by atoms with Crippen molar-refractivity contribution in [3.8, 4) is 0 Å². The topological polar surface area (TPSA) is 60.9 Å². The largest absolute Gasteiger partial charge is 0.364 e. The zero-order valence-electron chi connectivity index (χ0n) is 18.1. The minimum absolute atomic E-state index is 0.0480. The Morgan fingerprint density at radius 2 is 2.10 bits per heavy atom. The van der Waals surface area contributed by atoms with E-state index in [2.05, 4.69) is 18.0 Å². The molecule has 1 aromatic heterocycles. The molecule has 1 aromatic rings. The first-order valence-electron chi connectivity index (χ1n) is 10.4. The van der Waals surface area contributed by atoms with Crippen LogP contribution in [0, 0.1) is 12.8 Å². The fourth-order valence-electron chi connectivity index (χ4n) is 4.19. The van der Waals surface area contributed by atoms with Gasteiger partial charge in [0.1, 0.15) is 13.5 Å². The Kier molecular flexibility index (Phi) is 7.96. The van der Waals surface area contributed by atoms with Crippen LogP contribution < -0.4 is 0 Å². The highest BCUT2D eigenvalue weighted by atomic mass is 32.2. The van der Waals surface area contributed by atoms with Crippen molar-refractivity contribution in [2.75, 3.05) is 39.8 Å². The smallest absolute Gasteiger partial charge is 0.259 e. The molecule has 7 heteroatoms. The van der Waals surface area contributed by atoms with Crippen LogP contribution in [0.4, 0.5) is 0 Å². The average molecular weight is 423 g/mol. The molecule has 2 aliphatic rings. The Hall–Kier alpha value is -1.15. The van der Waals surface area contributed by atoms with Gasteiger partial charge in [-0.05, 0) is 49.1 Å². The van der Waals surface area contributed by atoms with Crippen LogP contribution in [-0.2, 0) is 31.8 Å². The van der Waals surface area contributed by atoms with Gasteiger partial charge in [-0.1, -0.05) is 19.3 Å². The summed E-state index contributed by atoms with van der Waals surface area (Å²) in [7, 11) is 3.18. The quantitative estimate of drug-likeness (QED) is 0.359. The Balaban J connectivity index is 1.77. The number of amides is 1. The fraction of sp³-hybridized carbons (Fsp3) is 0.727. The van der Waals surface area contributed by atoms with Crippen molar-refractivity contribution in [2.24, 2.45) is 5.92 Å². The standard InChI is InChI=1S/C22H34N2O4S/c1-16-12-23-19(10-18(16)7-5-6-17-8-9-17)11-22(28-15-27-3)20(13-29-4)24(14-26-2)21(22)25/h10,12,17,20H,5-9,11,13-15H2,1-4H3/t20-,22+/m0/s1. The first kappa shape index (κ1) is 22.5. The van der Waals surface area contributed by atoms with Gasteiger partial charge in [0.05, 0.1) is 6.04 Å². The summed E-state index contributed by atoms with van der Waals surface area (Å²) in [5.74, 6) is 1.68. The molecule has 1 amide bonds. The molecule has 1 aliphatic heterocycles. The van der Waals surface area contributed by atoms with E-state index >= 15 is 0 Å². The second kappa shape index (κ2) is 10.2. The second-order valence-electron chi connectivity index (χ2n) is 8.22. The number of hydrogen-bond donors (Lipinski definition) is 0. The third-order valence-corrected chi connectivity index (χ3v) is 6.68. The molecule has 1 saturated heterocycles. The number of thioether (sulfide) groups is 1. The van der Waals surface area contributed by atoms with Crippen LogP contribution in [0.25, 0.3) is 0 Å². The molecule has 29 heavy (non-hydrogen) atoms. The number of hydrogen-bond acceptors (Lipinski definition) is 6. The molecular formula is C22H34N2O4S. The lowest BCUT2D eigenvalue weighted by Crippen LogP contribution is -2.77. The normalized spacial score (nSPS) is 24.1. The first-order valence-corrected chi connectivity index (χ1v) is 11.8. The Bertz CT molecular complexity index is 697. The van der Waals surface area contributed by atoms with Crippen molar-refractivity contribution in [1.82, 2.24) is 9.88 Å². The van der Waals surface area contributed by atoms with E-state index in [0.717, 1.165) is 23.8 Å². The van der Waals surface area contributed by atoms with Gasteiger partial charge in [-0.2, -0.15) is 11.8 Å². The number of ether oxygens (including phenoxy) is 3. The van der Waals surface area contributed by atoms with Gasteiger partial charge in [0, 0.05) is 38.3 Å². The lowest BCUT2D eigenvalue weighted by atomic mass is 9.79. The number of pyridine rings is 1. The summed E-state index contributed by atoms with van der Waals surface area (Å²) in [6.07, 6.45) is 10.8. The molecule has 0 bridgehead atoms. The third kappa shape index (κ3) is 5.13. The highest BCUT2D eigenvalue weighted by Gasteiger charge is 2.61. The zero-order chi connectivity index (χ0) is 20.9. The predicted octanol–water partition coefficient (Wildman–Crippen LogP) is 3.20. The van der Waals surface area contributed by atoms with Crippen molar-refractivity contribution in [2.45, 2.75) is 57.1 Å². The molecule has 2 fully saturated rings. The molecular weight excluding hydrogens is 388 g/mol. The molecule has 1 saturated carbocycles. The van der Waals surface area contributed by atoms with Gasteiger partial charge < -0.3 is 19.1 Å². The summed E-state index contributed by atoms with van der Waals surface area (Å²) in [6.45, 7) is 2.47. The van der Waals surface area contributed by atoms with E-state index in [1.54, 1.807) is 30.9 Å². The Morgan fingerprint density at radius 1 is 1.31 bits per heavy atom. The molecule has 1 aliphatic carbocycles. The minimum Gasteiger partial charge on any atom is -0.364 e. The van der Waals surface area contributed by atoms with Crippen LogP contribution in [0.2, 0.25) is 0 Å². The number of rotatable bonds is 13. The fourth-order valence-corrected chi connectivity index (χ4v) is 4.95. The summed E-state index contributed by atoms with van der Waals surface area (Å²) in [6, 6.07) is 2.10. The molecule has 2 heterocycles. The van der Waals surface area contributed by atoms with Crippen molar-refractivity contribution >= 4 is 17.7 Å². The van der Waals surface area contributed by atoms with Crippen LogP contribution in [-0.4, -0.2) is 67.2 Å². The van der Waals surface area contributed by atoms with E-state index in [1.165, 1.54) is 36.8 Å². The molecule has 2 atom stereocenters. The van der Waals surface area contributed by atoms with Crippen LogP contribution in [0.5, 0.6) is 0 Å². The summed E-state index contributed by atoms with van der Waals surface area (Å²) < 4.78 is 16.4. The maximum absolute atomic E-state index is 13.1. The number of aromatic nitrogens is 1. The molecule has 6 nitrogen and oxygen atoms in total. The van der Waals surface area contributed by atoms with E-state index in [0.29, 0.717) is 6.42 Å². The van der Waals surface area contributed by atoms with Crippen molar-refractivity contribution in [3.05, 3.63) is 29.1 Å². The maximum Gasteiger partial charge on any atom is 0.259 e. The lowest BCUT2D eigenvalue weighted by molar-refractivity contribution is -0.229. The molecule has 162 valence electrons. The molecule has 0 aromatic carbocycles. The summed E-state index contributed by atoms with van der Waals surface area (Å²) in [5, 5.41) is 0. The third-order valence-electron chi connectivity index (χ3n) is 6.03. The van der Waals surface area contributed by atoms with Crippen molar-refractivity contribution < 1.29 is 19.0 Å². The van der Waals surface area contributed by atoms with Gasteiger partial charge in [0.25, 0.3) is 5.91 Å². The number of likely N-dealkylation sites (tertiary alicyclic amines) is 1. The van der Waals surface area contributed by atoms with Crippen LogP contribution >= 0.6 is 11.8 Å². The number of nitrogens with zero attached hydrogens (tertiary/aromatic N) is 2. The number of β-lactam (4-membered cyclic amide) rings is 1. The van der Waals surface area contributed by atoms with E-state index in [9.17, 15) is 4.79 Å². The molecule has 0 unspecified atom stereocenters. The molecule has 0 radical (unpaired) electrons. The zero-order valence-corrected chi connectivity index (χ0v) is 18.9. The van der Waals surface area contributed by atoms with Gasteiger partial charge in [0.2, 0.25) is 0 Å². The number of methoxy groups -OCH3 is 2. The van der Waals surface area contributed by atoms with Gasteiger partial charge in [-0.25, -0.2) is 0 Å². The summed E-state index contributed by atoms with van der Waals surface area (Å²) in [4.78, 5) is 19.5. The monoisotopic (exact) mass is 422 g/mol. The number of aryl methyl sites for hydroxylation is 2. The average Bonchev–Trinajstić information content (AvgIpc) is 3.54. The van der Waals surface area contributed by atoms with E-state index in [1.807, 2.05) is 12.5 Å². The van der Waals surface area contributed by atoms with Gasteiger partial charge in [0.15, 0.2) is 5.60 Å². The predicted molar refractivity (Wildman–Crippen MR) is 115 cm³/mol. The van der Waals surface area contributed by atoms with Crippen molar-refractivity contribution in [1.29, 1.82) is 0 Å². The number of carbonyl (C=O) groups excluding carboxylic acids is 1. The van der Waals surface area contributed by atoms with E-state index in [4.69, 9.17) is 14.2 Å². The first-order chi connectivity index (χ1) is 14.1. The lowest BCUT2D eigenvalue weighted by Gasteiger charge is -2.54. The van der Waals surface area contributed by atoms with Gasteiger partial charge >= 0.3 is 0 Å². The molecule has 3 rings (SSSR count). The maximum atomic E-state index is 13.1.